The van der Waals surface area contributed by atoms with Gasteiger partial charge in [-0.1, -0.05) is 6.07 Å². The maximum absolute atomic E-state index is 13.7. The van der Waals surface area contributed by atoms with Crippen molar-refractivity contribution in [1.29, 1.82) is 5.26 Å². The van der Waals surface area contributed by atoms with Gasteiger partial charge in [0.05, 0.1) is 0 Å². The van der Waals surface area contributed by atoms with Gasteiger partial charge in [0, 0.05) is 22.2 Å². The van der Waals surface area contributed by atoms with E-state index in [1.807, 2.05) is 35.6 Å². The minimum absolute atomic E-state index is 0.112. The van der Waals surface area contributed by atoms with Gasteiger partial charge in [-0.2, -0.15) is 5.26 Å². The second-order valence-corrected chi connectivity index (χ2v) is 5.50. The van der Waals surface area contributed by atoms with E-state index in [0.717, 1.165) is 3.57 Å². The van der Waals surface area contributed by atoms with Crippen LogP contribution in [0.3, 0.4) is 0 Å². The van der Waals surface area contributed by atoms with Gasteiger partial charge in [0.25, 0.3) is 5.91 Å². The molecule has 6 heteroatoms. The third-order valence-electron chi connectivity index (χ3n) is 3.13. The zero-order chi connectivity index (χ0) is 15.4. The molecule has 21 heavy (non-hydrogen) atoms. The molecule has 1 amide bonds. The average molecular weight is 397 g/mol. The first-order valence-electron chi connectivity index (χ1n) is 6.39. The molecular weight excluding hydrogens is 384 g/mol. The van der Waals surface area contributed by atoms with Crippen LogP contribution in [0.2, 0.25) is 0 Å². The fourth-order valence-electron chi connectivity index (χ4n) is 2.06. The van der Waals surface area contributed by atoms with Crippen LogP contribution in [-0.2, 0) is 13.1 Å². The first kappa shape index (κ1) is 15.5. The minimum atomic E-state index is -0.342. The summed E-state index contributed by atoms with van der Waals surface area (Å²) >= 11 is 2.03. The molecule has 2 rings (SSSR count). The number of aromatic nitrogens is 1. The van der Waals surface area contributed by atoms with Crippen LogP contribution < -0.4 is 5.32 Å². The van der Waals surface area contributed by atoms with E-state index in [9.17, 15) is 9.18 Å². The first-order chi connectivity index (χ1) is 10.1. The van der Waals surface area contributed by atoms with E-state index in [0.29, 0.717) is 23.5 Å². The van der Waals surface area contributed by atoms with Crippen molar-refractivity contribution < 1.29 is 9.18 Å². The zero-order valence-corrected chi connectivity index (χ0v) is 13.5. The highest BCUT2D eigenvalue weighted by molar-refractivity contribution is 14.1. The fourth-order valence-corrected chi connectivity index (χ4v) is 2.72. The normalized spacial score (nSPS) is 10.2. The molecule has 0 aliphatic carbocycles. The highest BCUT2D eigenvalue weighted by Crippen LogP contribution is 2.16. The monoisotopic (exact) mass is 397 g/mol. The summed E-state index contributed by atoms with van der Waals surface area (Å²) < 4.78 is 16.1. The van der Waals surface area contributed by atoms with Crippen molar-refractivity contribution in [2.24, 2.45) is 0 Å². The Morgan fingerprint density at radius 1 is 1.43 bits per heavy atom. The molecular formula is C15H13FIN3O. The van der Waals surface area contributed by atoms with Gasteiger partial charge in [0.2, 0.25) is 0 Å². The highest BCUT2D eigenvalue weighted by atomic mass is 127. The Bertz CT molecular complexity index is 698. The molecule has 0 fully saturated rings. The number of rotatable bonds is 4. The molecule has 0 spiro atoms. The average Bonchev–Trinajstić information content (AvgIpc) is 2.89. The number of hydrogen-bond donors (Lipinski definition) is 1. The van der Waals surface area contributed by atoms with Crippen molar-refractivity contribution in [1.82, 2.24) is 9.88 Å². The van der Waals surface area contributed by atoms with Gasteiger partial charge in [-0.3, -0.25) is 4.79 Å². The van der Waals surface area contributed by atoms with Crippen molar-refractivity contribution in [3.05, 3.63) is 56.7 Å². The topological polar surface area (TPSA) is 57.8 Å². The van der Waals surface area contributed by atoms with Crippen molar-refractivity contribution in [3.8, 4) is 6.07 Å². The van der Waals surface area contributed by atoms with Gasteiger partial charge >= 0.3 is 0 Å². The summed E-state index contributed by atoms with van der Waals surface area (Å²) in [5.74, 6) is -0.664. The van der Waals surface area contributed by atoms with Crippen LogP contribution in [0.5, 0.6) is 0 Å². The number of carbonyl (C=O) groups excluding carboxylic acids is 1. The lowest BCUT2D eigenvalue weighted by molar-refractivity contribution is 0.0941. The molecule has 0 bridgehead atoms. The molecule has 0 atom stereocenters. The zero-order valence-electron chi connectivity index (χ0n) is 11.4. The molecule has 0 aliphatic heterocycles. The van der Waals surface area contributed by atoms with Gasteiger partial charge in [0.1, 0.15) is 23.3 Å². The number of hydrogen-bond acceptors (Lipinski definition) is 2. The maximum Gasteiger partial charge on any atom is 0.268 e. The number of carbonyl (C=O) groups is 1. The van der Waals surface area contributed by atoms with Crippen LogP contribution in [-0.4, -0.2) is 10.5 Å². The molecule has 0 unspecified atom stereocenters. The van der Waals surface area contributed by atoms with Crippen LogP contribution in [0, 0.1) is 20.7 Å². The van der Waals surface area contributed by atoms with E-state index in [-0.39, 0.29) is 18.3 Å². The van der Waals surface area contributed by atoms with Crippen LogP contribution in [0.25, 0.3) is 0 Å². The number of nitrogens with one attached hydrogen (secondary N) is 1. The minimum Gasteiger partial charge on any atom is -0.347 e. The van der Waals surface area contributed by atoms with Gasteiger partial charge in [-0.15, -0.1) is 0 Å². The number of nitrogens with zero attached hydrogens (tertiary/aromatic N) is 2. The molecule has 4 nitrogen and oxygen atoms in total. The molecule has 1 N–H and O–H groups in total. The smallest absolute Gasteiger partial charge is 0.268 e. The standard InChI is InChI=1S/C15H13FIN3O/c1-2-20-10(8-18)6-7-14(20)15(21)19-9-11-12(16)4-3-5-13(11)17/h3-7H,2,9H2,1H3,(H,19,21). The number of halogens is 2. The molecule has 0 saturated heterocycles. The number of amides is 1. The number of benzene rings is 1. The van der Waals surface area contributed by atoms with E-state index in [2.05, 4.69) is 5.32 Å². The summed E-state index contributed by atoms with van der Waals surface area (Å²) in [5, 5.41) is 11.7. The summed E-state index contributed by atoms with van der Waals surface area (Å²) in [6.45, 7) is 2.49. The Kier molecular flexibility index (Phi) is 4.96. The summed E-state index contributed by atoms with van der Waals surface area (Å²) in [4.78, 5) is 12.2. The van der Waals surface area contributed by atoms with E-state index in [4.69, 9.17) is 5.26 Å². The molecule has 1 aromatic heterocycles. The first-order valence-corrected chi connectivity index (χ1v) is 7.47. The van der Waals surface area contributed by atoms with Gasteiger partial charge < -0.3 is 9.88 Å². The second kappa shape index (κ2) is 6.72. The summed E-state index contributed by atoms with van der Waals surface area (Å²) in [5.41, 5.74) is 1.30. The Morgan fingerprint density at radius 3 is 2.81 bits per heavy atom. The van der Waals surface area contributed by atoms with Gasteiger partial charge in [-0.25, -0.2) is 4.39 Å². The van der Waals surface area contributed by atoms with Crippen LogP contribution >= 0.6 is 22.6 Å². The largest absolute Gasteiger partial charge is 0.347 e. The van der Waals surface area contributed by atoms with Crippen molar-refractivity contribution in [3.63, 3.8) is 0 Å². The molecule has 108 valence electrons. The van der Waals surface area contributed by atoms with Crippen molar-refractivity contribution in [2.75, 3.05) is 0 Å². The second-order valence-electron chi connectivity index (χ2n) is 4.34. The lowest BCUT2D eigenvalue weighted by Gasteiger charge is -2.10. The lowest BCUT2D eigenvalue weighted by atomic mass is 10.2. The molecule has 1 heterocycles. The Hall–Kier alpha value is -1.88. The van der Waals surface area contributed by atoms with Crippen LogP contribution in [0.1, 0.15) is 28.7 Å². The van der Waals surface area contributed by atoms with Crippen LogP contribution in [0.4, 0.5) is 4.39 Å². The van der Waals surface area contributed by atoms with Gasteiger partial charge in [0.15, 0.2) is 0 Å². The Labute approximate surface area is 135 Å². The van der Waals surface area contributed by atoms with E-state index in [1.165, 1.54) is 6.07 Å². The van der Waals surface area contributed by atoms with Gasteiger partial charge in [-0.05, 0) is 53.8 Å². The maximum atomic E-state index is 13.7. The van der Waals surface area contributed by atoms with Crippen LogP contribution in [0.15, 0.2) is 30.3 Å². The SMILES string of the molecule is CCn1c(C#N)ccc1C(=O)NCc1c(F)cccc1I. The predicted octanol–water partition coefficient (Wildman–Crippen LogP) is 3.05. The van der Waals surface area contributed by atoms with E-state index >= 15 is 0 Å². The van der Waals surface area contributed by atoms with E-state index < -0.39 is 0 Å². The fraction of sp³-hybridized carbons (Fsp3) is 0.200. The summed E-state index contributed by atoms with van der Waals surface area (Å²) in [6, 6.07) is 10.0. The third kappa shape index (κ3) is 3.24. The molecule has 1 aromatic carbocycles. The number of nitriles is 1. The molecule has 0 aliphatic rings. The summed E-state index contributed by atoms with van der Waals surface area (Å²) in [6.07, 6.45) is 0. The lowest BCUT2D eigenvalue weighted by Crippen LogP contribution is -2.26. The molecule has 0 radical (unpaired) electrons. The van der Waals surface area contributed by atoms with Crippen molar-refractivity contribution >= 4 is 28.5 Å². The predicted molar refractivity (Wildman–Crippen MR) is 85.1 cm³/mol. The quantitative estimate of drug-likeness (QED) is 0.807. The Morgan fingerprint density at radius 2 is 2.19 bits per heavy atom. The molecule has 2 aromatic rings. The van der Waals surface area contributed by atoms with Crippen molar-refractivity contribution in [2.45, 2.75) is 20.0 Å². The Balaban J connectivity index is 2.16. The van der Waals surface area contributed by atoms with E-state index in [1.54, 1.807) is 28.8 Å². The highest BCUT2D eigenvalue weighted by Gasteiger charge is 2.15. The third-order valence-corrected chi connectivity index (χ3v) is 4.14. The summed E-state index contributed by atoms with van der Waals surface area (Å²) in [7, 11) is 0. The molecule has 0 saturated carbocycles.